The smallest absolute Gasteiger partial charge is 0.318 e. The Bertz CT molecular complexity index is 881. The minimum Gasteiger partial charge on any atom is -0.454 e. The fourth-order valence-electron chi connectivity index (χ4n) is 2.22. The monoisotopic (exact) mass is 363 g/mol. The number of benzene rings is 2. The highest BCUT2D eigenvalue weighted by atomic mass is 32.2. The number of sulfonamides is 1. The number of carbonyl (C=O) groups excluding carboxylic acids is 1. The van der Waals surface area contributed by atoms with E-state index in [1.54, 1.807) is 18.2 Å². The lowest BCUT2D eigenvalue weighted by Gasteiger charge is -2.09. The number of rotatable bonds is 5. The normalized spacial score (nSPS) is 12.7. The van der Waals surface area contributed by atoms with Crippen LogP contribution in [0.5, 0.6) is 11.5 Å². The molecule has 1 aliphatic heterocycles. The molecule has 1 heterocycles. The Morgan fingerprint density at radius 1 is 1.08 bits per heavy atom. The van der Waals surface area contributed by atoms with Gasteiger partial charge < -0.3 is 20.1 Å². The zero-order chi connectivity index (χ0) is 17.9. The summed E-state index contributed by atoms with van der Waals surface area (Å²) in [6, 6.07) is 10.8. The number of ether oxygens (including phenoxy) is 2. The minimum absolute atomic E-state index is 0.107. The first kappa shape index (κ1) is 17.1. The van der Waals surface area contributed by atoms with Crippen LogP contribution in [0, 0.1) is 0 Å². The molecule has 0 fully saturated rings. The fraction of sp³-hybridized carbons (Fsp3) is 0.188. The maximum absolute atomic E-state index is 12.4. The van der Waals surface area contributed by atoms with Crippen LogP contribution in [0.15, 0.2) is 47.4 Å². The molecule has 8 nitrogen and oxygen atoms in total. The Labute approximate surface area is 145 Å². The number of nitrogens with one attached hydrogen (secondary N) is 3. The van der Waals surface area contributed by atoms with Crippen molar-refractivity contribution in [1.29, 1.82) is 0 Å². The van der Waals surface area contributed by atoms with Gasteiger partial charge in [-0.05, 0) is 42.0 Å². The van der Waals surface area contributed by atoms with Crippen LogP contribution >= 0.6 is 0 Å². The van der Waals surface area contributed by atoms with E-state index < -0.39 is 10.0 Å². The molecule has 0 radical (unpaired) electrons. The van der Waals surface area contributed by atoms with Crippen LogP contribution in [0.25, 0.3) is 0 Å². The van der Waals surface area contributed by atoms with E-state index in [4.69, 9.17) is 9.47 Å². The summed E-state index contributed by atoms with van der Waals surface area (Å²) in [5, 5.41) is 4.98. The number of urea groups is 1. The summed E-state index contributed by atoms with van der Waals surface area (Å²) in [5.41, 5.74) is 1.25. The van der Waals surface area contributed by atoms with Gasteiger partial charge in [0, 0.05) is 19.3 Å². The van der Waals surface area contributed by atoms with E-state index in [0.717, 1.165) is 5.56 Å². The molecule has 25 heavy (non-hydrogen) atoms. The molecule has 0 atom stereocenters. The van der Waals surface area contributed by atoms with Crippen molar-refractivity contribution in [2.45, 2.75) is 11.4 Å². The Morgan fingerprint density at radius 2 is 1.80 bits per heavy atom. The third-order valence-corrected chi connectivity index (χ3v) is 4.97. The third kappa shape index (κ3) is 4.01. The molecule has 2 aromatic carbocycles. The molecular weight excluding hydrogens is 346 g/mol. The molecule has 132 valence electrons. The molecule has 0 aliphatic carbocycles. The van der Waals surface area contributed by atoms with Crippen molar-refractivity contribution >= 4 is 21.7 Å². The second kappa shape index (κ2) is 6.99. The van der Waals surface area contributed by atoms with E-state index in [0.29, 0.717) is 17.2 Å². The van der Waals surface area contributed by atoms with E-state index in [9.17, 15) is 13.2 Å². The molecule has 3 rings (SSSR count). The standard InChI is InChI=1S/C16H17N3O5S/c1-17-16(20)19-12-3-5-13(6-4-12)25(21,22)18-9-11-2-7-14-15(8-11)24-10-23-14/h2-8,18H,9-10H2,1H3,(H2,17,19,20). The van der Waals surface area contributed by atoms with Crippen molar-refractivity contribution in [3.63, 3.8) is 0 Å². The molecule has 1 aliphatic rings. The van der Waals surface area contributed by atoms with Crippen LogP contribution in [-0.4, -0.2) is 28.3 Å². The van der Waals surface area contributed by atoms with Gasteiger partial charge in [0.25, 0.3) is 0 Å². The van der Waals surface area contributed by atoms with Gasteiger partial charge in [0.2, 0.25) is 16.8 Å². The summed E-state index contributed by atoms with van der Waals surface area (Å²) in [6.45, 7) is 0.290. The summed E-state index contributed by atoms with van der Waals surface area (Å²) < 4.78 is 37.7. The van der Waals surface area contributed by atoms with Gasteiger partial charge in [-0.15, -0.1) is 0 Å². The second-order valence-corrected chi connectivity index (χ2v) is 7.01. The summed E-state index contributed by atoms with van der Waals surface area (Å²) in [4.78, 5) is 11.3. The van der Waals surface area contributed by atoms with Crippen LogP contribution in [0.3, 0.4) is 0 Å². The van der Waals surface area contributed by atoms with Crippen molar-refractivity contribution in [3.8, 4) is 11.5 Å². The van der Waals surface area contributed by atoms with Crippen LogP contribution in [0.1, 0.15) is 5.56 Å². The number of hydrogen-bond donors (Lipinski definition) is 3. The molecule has 0 bridgehead atoms. The molecule has 0 aromatic heterocycles. The van der Waals surface area contributed by atoms with E-state index in [1.165, 1.54) is 31.3 Å². The molecule has 0 unspecified atom stereocenters. The minimum atomic E-state index is -3.67. The van der Waals surface area contributed by atoms with Crippen LogP contribution in [0.2, 0.25) is 0 Å². The number of hydrogen-bond acceptors (Lipinski definition) is 5. The number of carbonyl (C=O) groups is 1. The first-order valence-corrected chi connectivity index (χ1v) is 8.93. The molecule has 9 heteroatoms. The predicted molar refractivity (Wildman–Crippen MR) is 91.1 cm³/mol. The molecule has 2 amide bonds. The van der Waals surface area contributed by atoms with E-state index in [2.05, 4.69) is 15.4 Å². The average molecular weight is 363 g/mol. The van der Waals surface area contributed by atoms with Crippen molar-refractivity contribution in [2.24, 2.45) is 0 Å². The molecule has 2 aromatic rings. The van der Waals surface area contributed by atoms with Gasteiger partial charge in [0.15, 0.2) is 11.5 Å². The summed E-state index contributed by atoms with van der Waals surface area (Å²) in [7, 11) is -2.18. The van der Waals surface area contributed by atoms with Crippen LogP contribution in [0.4, 0.5) is 10.5 Å². The second-order valence-electron chi connectivity index (χ2n) is 5.24. The zero-order valence-electron chi connectivity index (χ0n) is 13.4. The first-order valence-electron chi connectivity index (χ1n) is 7.45. The first-order chi connectivity index (χ1) is 12.0. The lowest BCUT2D eigenvalue weighted by Crippen LogP contribution is -2.25. The average Bonchev–Trinajstić information content (AvgIpc) is 3.08. The summed E-state index contributed by atoms with van der Waals surface area (Å²) >= 11 is 0. The Morgan fingerprint density at radius 3 is 2.52 bits per heavy atom. The molecule has 0 saturated carbocycles. The summed E-state index contributed by atoms with van der Waals surface area (Å²) in [5.74, 6) is 1.24. The number of anilines is 1. The van der Waals surface area contributed by atoms with Gasteiger partial charge >= 0.3 is 6.03 Å². The van der Waals surface area contributed by atoms with Crippen molar-refractivity contribution in [3.05, 3.63) is 48.0 Å². The Kier molecular flexibility index (Phi) is 4.77. The highest BCUT2D eigenvalue weighted by Gasteiger charge is 2.16. The number of amides is 2. The third-order valence-electron chi connectivity index (χ3n) is 3.55. The molecule has 3 N–H and O–H groups in total. The molecular formula is C16H17N3O5S. The highest BCUT2D eigenvalue weighted by molar-refractivity contribution is 7.89. The maximum Gasteiger partial charge on any atom is 0.318 e. The topological polar surface area (TPSA) is 106 Å². The van der Waals surface area contributed by atoms with E-state index >= 15 is 0 Å². The zero-order valence-corrected chi connectivity index (χ0v) is 14.2. The maximum atomic E-state index is 12.4. The van der Waals surface area contributed by atoms with Gasteiger partial charge in [0.05, 0.1) is 4.90 Å². The largest absolute Gasteiger partial charge is 0.454 e. The van der Waals surface area contributed by atoms with Crippen LogP contribution < -0.4 is 24.8 Å². The van der Waals surface area contributed by atoms with Gasteiger partial charge in [-0.2, -0.15) is 0 Å². The fourth-order valence-corrected chi connectivity index (χ4v) is 3.24. The Hall–Kier alpha value is -2.78. The van der Waals surface area contributed by atoms with E-state index in [-0.39, 0.29) is 24.3 Å². The van der Waals surface area contributed by atoms with Crippen molar-refractivity contribution in [2.75, 3.05) is 19.2 Å². The van der Waals surface area contributed by atoms with E-state index in [1.807, 2.05) is 0 Å². The van der Waals surface area contributed by atoms with Crippen molar-refractivity contribution in [1.82, 2.24) is 10.0 Å². The molecule has 0 saturated heterocycles. The summed E-state index contributed by atoms with van der Waals surface area (Å²) in [6.07, 6.45) is 0. The predicted octanol–water partition coefficient (Wildman–Crippen LogP) is 1.65. The van der Waals surface area contributed by atoms with Gasteiger partial charge in [-0.25, -0.2) is 17.9 Å². The van der Waals surface area contributed by atoms with Gasteiger partial charge in [-0.3, -0.25) is 0 Å². The van der Waals surface area contributed by atoms with Gasteiger partial charge in [-0.1, -0.05) is 6.07 Å². The lowest BCUT2D eigenvalue weighted by atomic mass is 10.2. The Balaban J connectivity index is 1.66. The highest BCUT2D eigenvalue weighted by Crippen LogP contribution is 2.32. The van der Waals surface area contributed by atoms with Crippen molar-refractivity contribution < 1.29 is 22.7 Å². The lowest BCUT2D eigenvalue weighted by molar-refractivity contribution is 0.174. The van der Waals surface area contributed by atoms with Crippen LogP contribution in [-0.2, 0) is 16.6 Å². The quantitative estimate of drug-likeness (QED) is 0.749. The molecule has 0 spiro atoms. The SMILES string of the molecule is CNC(=O)Nc1ccc(S(=O)(=O)NCc2ccc3c(c2)OCO3)cc1. The van der Waals surface area contributed by atoms with Gasteiger partial charge in [0.1, 0.15) is 0 Å². The number of fused-ring (bicyclic) bond motifs is 1.